The molecule has 3 atom stereocenters. The molecule has 3 aliphatic rings. The number of nitrogens with one attached hydrogen (secondary N) is 1. The van der Waals surface area contributed by atoms with Crippen LogP contribution in [0.3, 0.4) is 0 Å². The van der Waals surface area contributed by atoms with Gasteiger partial charge in [0.15, 0.2) is 0 Å². The molecule has 0 saturated carbocycles. The molecule has 23 heavy (non-hydrogen) atoms. The molecule has 7 nitrogen and oxygen atoms in total. The molecule has 1 aromatic rings. The number of ether oxygens (including phenoxy) is 1. The van der Waals surface area contributed by atoms with Gasteiger partial charge in [0.25, 0.3) is 5.91 Å². The summed E-state index contributed by atoms with van der Waals surface area (Å²) in [6.45, 7) is 2.84. The van der Waals surface area contributed by atoms with Crippen molar-refractivity contribution in [2.45, 2.75) is 37.8 Å². The van der Waals surface area contributed by atoms with E-state index in [9.17, 15) is 9.59 Å². The molecule has 3 aliphatic heterocycles. The van der Waals surface area contributed by atoms with Gasteiger partial charge in [-0.25, -0.2) is 0 Å². The van der Waals surface area contributed by atoms with Crippen molar-refractivity contribution in [3.63, 3.8) is 0 Å². The number of fused-ring (bicyclic) bond motifs is 1. The Bertz CT molecular complexity index is 582. The number of hydrogen-bond acceptors (Lipinski definition) is 4. The fourth-order valence-electron chi connectivity index (χ4n) is 4.08. The van der Waals surface area contributed by atoms with Crippen molar-refractivity contribution in [1.82, 2.24) is 20.0 Å². The molecule has 3 fully saturated rings. The molecule has 0 bridgehead atoms. The van der Waals surface area contributed by atoms with E-state index in [2.05, 4.69) is 10.2 Å². The quantitative estimate of drug-likeness (QED) is 0.868. The molecule has 0 aliphatic carbocycles. The lowest BCUT2D eigenvalue weighted by Crippen LogP contribution is -2.55. The lowest BCUT2D eigenvalue weighted by atomic mass is 9.88. The molecule has 3 saturated heterocycles. The van der Waals surface area contributed by atoms with E-state index < -0.39 is 0 Å². The Morgan fingerprint density at radius 3 is 2.87 bits per heavy atom. The van der Waals surface area contributed by atoms with Gasteiger partial charge < -0.3 is 14.5 Å². The average Bonchev–Trinajstić information content (AvgIpc) is 3.34. The topological polar surface area (TPSA) is 78.5 Å². The minimum absolute atomic E-state index is 0.0211. The van der Waals surface area contributed by atoms with Gasteiger partial charge in [-0.05, 0) is 31.7 Å². The van der Waals surface area contributed by atoms with Crippen molar-refractivity contribution in [3.05, 3.63) is 18.0 Å². The van der Waals surface area contributed by atoms with Crippen molar-refractivity contribution in [3.8, 4) is 0 Å². The summed E-state index contributed by atoms with van der Waals surface area (Å²) in [4.78, 5) is 29.3. The van der Waals surface area contributed by atoms with Gasteiger partial charge in [0.2, 0.25) is 5.91 Å². The van der Waals surface area contributed by atoms with Gasteiger partial charge in [0, 0.05) is 32.4 Å². The summed E-state index contributed by atoms with van der Waals surface area (Å²) in [5, 5.41) is 6.60. The maximum absolute atomic E-state index is 12.8. The largest absolute Gasteiger partial charge is 0.376 e. The minimum atomic E-state index is -0.153. The zero-order chi connectivity index (χ0) is 15.8. The summed E-state index contributed by atoms with van der Waals surface area (Å²) < 4.78 is 5.81. The second kappa shape index (κ2) is 5.96. The number of aromatic nitrogens is 2. The van der Waals surface area contributed by atoms with Crippen LogP contribution in [0.4, 0.5) is 0 Å². The van der Waals surface area contributed by atoms with E-state index in [1.165, 1.54) is 0 Å². The minimum Gasteiger partial charge on any atom is -0.376 e. The number of H-pyrrole nitrogens is 1. The van der Waals surface area contributed by atoms with Gasteiger partial charge in [-0.3, -0.25) is 14.7 Å². The fraction of sp³-hybridized carbons (Fsp3) is 0.688. The molecule has 0 spiro atoms. The number of aromatic amines is 1. The van der Waals surface area contributed by atoms with Crippen LogP contribution in [0.15, 0.2) is 12.3 Å². The predicted molar refractivity (Wildman–Crippen MR) is 81.7 cm³/mol. The Morgan fingerprint density at radius 1 is 1.30 bits per heavy atom. The Labute approximate surface area is 135 Å². The van der Waals surface area contributed by atoms with Gasteiger partial charge in [0.05, 0.1) is 18.1 Å². The molecule has 1 N–H and O–H groups in total. The number of rotatable bonds is 2. The number of piperidine rings is 1. The third kappa shape index (κ3) is 2.63. The number of carbonyl (C=O) groups is 2. The van der Waals surface area contributed by atoms with E-state index >= 15 is 0 Å². The Morgan fingerprint density at radius 2 is 2.13 bits per heavy atom. The highest BCUT2D eigenvalue weighted by Crippen LogP contribution is 2.33. The van der Waals surface area contributed by atoms with Gasteiger partial charge in [-0.1, -0.05) is 0 Å². The van der Waals surface area contributed by atoms with Crippen molar-refractivity contribution in [1.29, 1.82) is 0 Å². The van der Waals surface area contributed by atoms with E-state index in [4.69, 9.17) is 4.74 Å². The van der Waals surface area contributed by atoms with Crippen molar-refractivity contribution < 1.29 is 14.3 Å². The van der Waals surface area contributed by atoms with Crippen LogP contribution in [0.25, 0.3) is 0 Å². The molecule has 1 aromatic heterocycles. The number of amides is 2. The van der Waals surface area contributed by atoms with Gasteiger partial charge in [-0.2, -0.15) is 5.10 Å². The predicted octanol–water partition coefficient (Wildman–Crippen LogP) is 0.652. The zero-order valence-corrected chi connectivity index (χ0v) is 13.1. The summed E-state index contributed by atoms with van der Waals surface area (Å²) in [7, 11) is 0. The highest BCUT2D eigenvalue weighted by atomic mass is 16.5. The first kappa shape index (κ1) is 14.7. The van der Waals surface area contributed by atoms with Crippen LogP contribution in [-0.4, -0.2) is 70.2 Å². The van der Waals surface area contributed by atoms with Crippen LogP contribution in [0, 0.1) is 5.92 Å². The van der Waals surface area contributed by atoms with Crippen LogP contribution in [0.2, 0.25) is 0 Å². The second-order valence-electron chi connectivity index (χ2n) is 6.66. The molecular formula is C16H22N4O3. The summed E-state index contributed by atoms with van der Waals surface area (Å²) in [6, 6.07) is 1.76. The molecule has 7 heteroatoms. The lowest BCUT2D eigenvalue weighted by molar-refractivity contribution is -0.138. The Hall–Kier alpha value is -1.89. The van der Waals surface area contributed by atoms with Gasteiger partial charge in [0.1, 0.15) is 5.69 Å². The van der Waals surface area contributed by atoms with E-state index in [-0.39, 0.29) is 29.9 Å². The summed E-state index contributed by atoms with van der Waals surface area (Å²) in [5.74, 6) is -0.0555. The lowest BCUT2D eigenvalue weighted by Gasteiger charge is -2.41. The number of carbonyl (C=O) groups excluding carboxylic acids is 2. The normalized spacial score (nSPS) is 30.5. The smallest absolute Gasteiger partial charge is 0.272 e. The monoisotopic (exact) mass is 318 g/mol. The fourth-order valence-corrected chi connectivity index (χ4v) is 4.08. The SMILES string of the molecule is O=C([C@@H]1C[C@H]2OCC[C@H]2N(C(=O)c2ccn[nH]2)C1)N1CCCC1. The third-order valence-corrected chi connectivity index (χ3v) is 5.27. The average molecular weight is 318 g/mol. The molecule has 124 valence electrons. The van der Waals surface area contributed by atoms with E-state index in [0.29, 0.717) is 18.8 Å². The van der Waals surface area contributed by atoms with Crippen LogP contribution < -0.4 is 0 Å². The highest BCUT2D eigenvalue weighted by Gasteiger charge is 2.45. The van der Waals surface area contributed by atoms with Crippen LogP contribution >= 0.6 is 0 Å². The zero-order valence-electron chi connectivity index (χ0n) is 13.1. The maximum Gasteiger partial charge on any atom is 0.272 e. The van der Waals surface area contributed by atoms with Crippen LogP contribution in [0.5, 0.6) is 0 Å². The Balaban J connectivity index is 1.54. The van der Waals surface area contributed by atoms with Crippen molar-refractivity contribution in [2.24, 2.45) is 5.92 Å². The molecule has 2 amide bonds. The molecule has 0 aromatic carbocycles. The molecule has 4 rings (SSSR count). The standard InChI is InChI=1S/C16H22N4O3/c21-15(19-6-1-2-7-19)11-9-14-13(4-8-23-14)20(10-11)16(22)12-3-5-17-18-12/h3,5,11,13-14H,1-2,4,6-10H2,(H,17,18)/t11-,13-,14-/m1/s1. The first-order valence-electron chi connectivity index (χ1n) is 8.45. The number of likely N-dealkylation sites (tertiary alicyclic amines) is 2. The van der Waals surface area contributed by atoms with Gasteiger partial charge >= 0.3 is 0 Å². The first-order chi connectivity index (χ1) is 11.2. The summed E-state index contributed by atoms with van der Waals surface area (Å²) in [5.41, 5.74) is 0.477. The van der Waals surface area contributed by atoms with Gasteiger partial charge in [-0.15, -0.1) is 0 Å². The molecular weight excluding hydrogens is 296 g/mol. The second-order valence-corrected chi connectivity index (χ2v) is 6.66. The number of nitrogens with zero attached hydrogens (tertiary/aromatic N) is 3. The van der Waals surface area contributed by atoms with Crippen molar-refractivity contribution >= 4 is 11.8 Å². The highest BCUT2D eigenvalue weighted by molar-refractivity contribution is 5.93. The Kier molecular flexibility index (Phi) is 3.80. The summed E-state index contributed by atoms with van der Waals surface area (Å²) in [6.07, 6.45) is 5.29. The first-order valence-corrected chi connectivity index (χ1v) is 8.45. The maximum atomic E-state index is 12.8. The summed E-state index contributed by atoms with van der Waals surface area (Å²) >= 11 is 0. The molecule has 0 radical (unpaired) electrons. The number of hydrogen-bond donors (Lipinski definition) is 1. The van der Waals surface area contributed by atoms with Crippen LogP contribution in [-0.2, 0) is 9.53 Å². The van der Waals surface area contributed by atoms with E-state index in [1.54, 1.807) is 12.3 Å². The molecule has 0 unspecified atom stereocenters. The van der Waals surface area contributed by atoms with Crippen LogP contribution in [0.1, 0.15) is 36.2 Å². The van der Waals surface area contributed by atoms with E-state index in [0.717, 1.165) is 38.8 Å². The van der Waals surface area contributed by atoms with Crippen molar-refractivity contribution in [2.75, 3.05) is 26.2 Å². The molecule has 4 heterocycles. The third-order valence-electron chi connectivity index (χ3n) is 5.27. The van der Waals surface area contributed by atoms with E-state index in [1.807, 2.05) is 9.80 Å².